The number of hydrogen-bond donors (Lipinski definition) is 0. The van der Waals surface area contributed by atoms with Gasteiger partial charge in [0.05, 0.1) is 0 Å². The van der Waals surface area contributed by atoms with Crippen LogP contribution >= 0.6 is 0 Å². The van der Waals surface area contributed by atoms with E-state index < -0.39 is 0 Å². The second-order valence-electron chi connectivity index (χ2n) is 2.42. The van der Waals surface area contributed by atoms with Crippen LogP contribution in [0.15, 0.2) is 36.5 Å². The first kappa shape index (κ1) is 15.2. The molecule has 0 aromatic carbocycles. The molecular weight excluding hydrogens is 176 g/mol. The van der Waals surface area contributed by atoms with Crippen LogP contribution in [0.5, 0.6) is 0 Å². The molecule has 0 N–H and O–H groups in total. The fourth-order valence-electron chi connectivity index (χ4n) is 0.532. The average molecular weight is 196 g/mol. The Kier molecular flexibility index (Phi) is 10.6. The number of esters is 1. The van der Waals surface area contributed by atoms with Crippen LogP contribution in [0, 0.1) is 0 Å². The van der Waals surface area contributed by atoms with Gasteiger partial charge >= 0.3 is 5.97 Å². The van der Waals surface area contributed by atoms with E-state index in [1.54, 1.807) is 13.0 Å². The average Bonchev–Trinajstić information content (AvgIpc) is 2.22. The van der Waals surface area contributed by atoms with Gasteiger partial charge in [0, 0.05) is 5.57 Å². The molecule has 0 saturated carbocycles. The molecule has 0 bridgehead atoms. The number of hydrogen-bond acceptors (Lipinski definition) is 2. The standard InChI is InChI=1S/C10H14O2.C2H6/c1-5-9(6-2)7-12-10(11)8(3)4;1-2/h5-6H,1,3,7H2,2,4H3;1-2H3/b9-6+;. The minimum atomic E-state index is -0.365. The van der Waals surface area contributed by atoms with Crippen molar-refractivity contribution < 1.29 is 9.53 Å². The Balaban J connectivity index is 0. The first-order valence-electron chi connectivity index (χ1n) is 4.72. The molecule has 0 heterocycles. The fraction of sp³-hybridized carbons (Fsp3) is 0.417. The van der Waals surface area contributed by atoms with Gasteiger partial charge in [-0.2, -0.15) is 0 Å². The molecule has 0 saturated heterocycles. The molecule has 0 unspecified atom stereocenters. The van der Waals surface area contributed by atoms with Crippen LogP contribution in [-0.4, -0.2) is 12.6 Å². The van der Waals surface area contributed by atoms with E-state index in [1.807, 2.05) is 26.8 Å². The summed E-state index contributed by atoms with van der Waals surface area (Å²) in [7, 11) is 0. The number of ether oxygens (including phenoxy) is 1. The van der Waals surface area contributed by atoms with Gasteiger partial charge < -0.3 is 4.74 Å². The van der Waals surface area contributed by atoms with Crippen LogP contribution in [0.2, 0.25) is 0 Å². The van der Waals surface area contributed by atoms with E-state index in [-0.39, 0.29) is 12.6 Å². The van der Waals surface area contributed by atoms with Crippen molar-refractivity contribution in [3.05, 3.63) is 36.5 Å². The van der Waals surface area contributed by atoms with Gasteiger partial charge in [-0.15, -0.1) is 0 Å². The summed E-state index contributed by atoms with van der Waals surface area (Å²) in [5.74, 6) is -0.365. The molecule has 80 valence electrons. The molecule has 14 heavy (non-hydrogen) atoms. The van der Waals surface area contributed by atoms with E-state index in [0.717, 1.165) is 5.57 Å². The minimum absolute atomic E-state index is 0.270. The molecule has 0 radical (unpaired) electrons. The zero-order valence-corrected chi connectivity index (χ0v) is 9.59. The van der Waals surface area contributed by atoms with Gasteiger partial charge in [0.25, 0.3) is 0 Å². The molecule has 0 fully saturated rings. The Labute approximate surface area is 87.0 Å². The summed E-state index contributed by atoms with van der Waals surface area (Å²) in [5.41, 5.74) is 1.30. The Morgan fingerprint density at radius 1 is 1.43 bits per heavy atom. The van der Waals surface area contributed by atoms with Crippen molar-refractivity contribution in [3.63, 3.8) is 0 Å². The lowest BCUT2D eigenvalue weighted by atomic mass is 10.3. The van der Waals surface area contributed by atoms with E-state index in [9.17, 15) is 4.79 Å². The van der Waals surface area contributed by atoms with E-state index in [4.69, 9.17) is 4.74 Å². The molecule has 2 nitrogen and oxygen atoms in total. The first-order valence-corrected chi connectivity index (χ1v) is 4.72. The highest BCUT2D eigenvalue weighted by Gasteiger charge is 2.02. The van der Waals surface area contributed by atoms with Crippen LogP contribution in [0.1, 0.15) is 27.7 Å². The van der Waals surface area contributed by atoms with E-state index in [0.29, 0.717) is 5.57 Å². The third-order valence-corrected chi connectivity index (χ3v) is 1.35. The van der Waals surface area contributed by atoms with Crippen molar-refractivity contribution in [2.75, 3.05) is 6.61 Å². The monoisotopic (exact) mass is 196 g/mol. The van der Waals surface area contributed by atoms with E-state index in [2.05, 4.69) is 13.2 Å². The molecule has 0 aromatic rings. The Hall–Kier alpha value is -1.31. The van der Waals surface area contributed by atoms with Gasteiger partial charge in [-0.1, -0.05) is 39.2 Å². The minimum Gasteiger partial charge on any atom is -0.457 e. The maximum absolute atomic E-state index is 10.9. The summed E-state index contributed by atoms with van der Waals surface area (Å²) in [6.45, 7) is 14.8. The zero-order valence-electron chi connectivity index (χ0n) is 9.59. The smallest absolute Gasteiger partial charge is 0.333 e. The fourth-order valence-corrected chi connectivity index (χ4v) is 0.532. The third-order valence-electron chi connectivity index (χ3n) is 1.35. The molecule has 0 aliphatic rings. The van der Waals surface area contributed by atoms with Crippen LogP contribution in [-0.2, 0) is 9.53 Å². The highest BCUT2D eigenvalue weighted by Crippen LogP contribution is 1.99. The van der Waals surface area contributed by atoms with Crippen molar-refractivity contribution in [1.29, 1.82) is 0 Å². The summed E-state index contributed by atoms with van der Waals surface area (Å²) >= 11 is 0. The second-order valence-corrected chi connectivity index (χ2v) is 2.42. The normalized spacial score (nSPS) is 9.57. The highest BCUT2D eigenvalue weighted by molar-refractivity contribution is 5.87. The first-order chi connectivity index (χ1) is 6.61. The van der Waals surface area contributed by atoms with Gasteiger partial charge in [0.2, 0.25) is 0 Å². The predicted octanol–water partition coefficient (Wildman–Crippen LogP) is 3.26. The zero-order chi connectivity index (χ0) is 11.6. The molecule has 0 aliphatic carbocycles. The summed E-state index contributed by atoms with van der Waals surface area (Å²) in [5, 5.41) is 0. The summed E-state index contributed by atoms with van der Waals surface area (Å²) < 4.78 is 4.87. The van der Waals surface area contributed by atoms with Gasteiger partial charge in [-0.3, -0.25) is 0 Å². The SMILES string of the molecule is C=C/C(=C\C)COC(=O)C(=C)C.CC. The molecule has 0 spiro atoms. The quantitative estimate of drug-likeness (QED) is 0.392. The molecule has 0 amide bonds. The molecular formula is C12H20O2. The number of allylic oxidation sites excluding steroid dienone is 1. The Bertz CT molecular complexity index is 224. The Morgan fingerprint density at radius 2 is 1.93 bits per heavy atom. The van der Waals surface area contributed by atoms with Crippen LogP contribution < -0.4 is 0 Å². The molecule has 0 aliphatic heterocycles. The topological polar surface area (TPSA) is 26.3 Å². The predicted molar refractivity (Wildman–Crippen MR) is 61.1 cm³/mol. The van der Waals surface area contributed by atoms with Crippen LogP contribution in [0.4, 0.5) is 0 Å². The van der Waals surface area contributed by atoms with Gasteiger partial charge in [-0.25, -0.2) is 4.79 Å². The van der Waals surface area contributed by atoms with Crippen molar-refractivity contribution in [1.82, 2.24) is 0 Å². The van der Waals surface area contributed by atoms with Crippen molar-refractivity contribution in [3.8, 4) is 0 Å². The number of rotatable bonds is 4. The van der Waals surface area contributed by atoms with Crippen molar-refractivity contribution in [2.24, 2.45) is 0 Å². The third kappa shape index (κ3) is 7.35. The summed E-state index contributed by atoms with van der Waals surface area (Å²) in [6, 6.07) is 0. The Morgan fingerprint density at radius 3 is 2.21 bits per heavy atom. The molecule has 2 heteroatoms. The van der Waals surface area contributed by atoms with Gasteiger partial charge in [0.15, 0.2) is 0 Å². The number of carbonyl (C=O) groups is 1. The second kappa shape index (κ2) is 9.78. The molecule has 0 atom stereocenters. The van der Waals surface area contributed by atoms with Gasteiger partial charge in [0.1, 0.15) is 6.61 Å². The maximum Gasteiger partial charge on any atom is 0.333 e. The highest BCUT2D eigenvalue weighted by atomic mass is 16.5. The van der Waals surface area contributed by atoms with Crippen LogP contribution in [0.25, 0.3) is 0 Å². The van der Waals surface area contributed by atoms with Crippen molar-refractivity contribution >= 4 is 5.97 Å². The summed E-state index contributed by atoms with van der Waals surface area (Å²) in [6.07, 6.45) is 3.50. The lowest BCUT2D eigenvalue weighted by molar-refractivity contribution is -0.137. The lowest BCUT2D eigenvalue weighted by Gasteiger charge is -2.03. The maximum atomic E-state index is 10.9. The van der Waals surface area contributed by atoms with E-state index in [1.165, 1.54) is 0 Å². The van der Waals surface area contributed by atoms with Crippen molar-refractivity contribution in [2.45, 2.75) is 27.7 Å². The largest absolute Gasteiger partial charge is 0.457 e. The van der Waals surface area contributed by atoms with Crippen LogP contribution in [0.3, 0.4) is 0 Å². The summed E-state index contributed by atoms with van der Waals surface area (Å²) in [4.78, 5) is 10.9. The lowest BCUT2D eigenvalue weighted by Crippen LogP contribution is -2.06. The molecule has 0 aromatic heterocycles. The number of carbonyl (C=O) groups excluding carboxylic acids is 1. The molecule has 0 rings (SSSR count). The van der Waals surface area contributed by atoms with Gasteiger partial charge in [-0.05, 0) is 19.4 Å². The van der Waals surface area contributed by atoms with E-state index >= 15 is 0 Å².